The second-order valence-corrected chi connectivity index (χ2v) is 7.06. The SMILES string of the molecule is CNc1c(C(=O)N2CC(C)SC(C)C2)cccc1[N+](=O)[O-]. The average Bonchev–Trinajstić information content (AvgIpc) is 2.44. The van der Waals surface area contributed by atoms with Gasteiger partial charge >= 0.3 is 0 Å². The van der Waals surface area contributed by atoms with Crippen molar-refractivity contribution in [2.75, 3.05) is 25.5 Å². The number of nitrogens with zero attached hydrogens (tertiary/aromatic N) is 2. The number of carbonyl (C=O) groups is 1. The lowest BCUT2D eigenvalue weighted by atomic mass is 10.1. The molecule has 1 amide bonds. The third-order valence-electron chi connectivity index (χ3n) is 3.43. The number of anilines is 1. The van der Waals surface area contributed by atoms with E-state index in [0.717, 1.165) is 0 Å². The van der Waals surface area contributed by atoms with E-state index in [-0.39, 0.29) is 17.3 Å². The number of carbonyl (C=O) groups excluding carboxylic acids is 1. The van der Waals surface area contributed by atoms with Crippen molar-refractivity contribution in [2.24, 2.45) is 0 Å². The highest BCUT2D eigenvalue weighted by Gasteiger charge is 2.29. The van der Waals surface area contributed by atoms with Crippen LogP contribution in [0, 0.1) is 10.1 Å². The van der Waals surface area contributed by atoms with Gasteiger partial charge in [0.2, 0.25) is 0 Å². The number of para-hydroxylation sites is 1. The Balaban J connectivity index is 2.35. The molecule has 1 aliphatic rings. The van der Waals surface area contributed by atoms with Gasteiger partial charge in [0, 0.05) is 36.7 Å². The average molecular weight is 309 g/mol. The molecule has 114 valence electrons. The first-order valence-electron chi connectivity index (χ1n) is 6.84. The minimum absolute atomic E-state index is 0.0733. The summed E-state index contributed by atoms with van der Waals surface area (Å²) in [5.41, 5.74) is 0.569. The van der Waals surface area contributed by atoms with Gasteiger partial charge in [0.25, 0.3) is 11.6 Å². The van der Waals surface area contributed by atoms with Crippen molar-refractivity contribution in [3.8, 4) is 0 Å². The molecule has 0 radical (unpaired) electrons. The summed E-state index contributed by atoms with van der Waals surface area (Å²) in [5.74, 6) is -0.151. The van der Waals surface area contributed by atoms with E-state index in [1.807, 2.05) is 11.8 Å². The van der Waals surface area contributed by atoms with Crippen LogP contribution in [0.3, 0.4) is 0 Å². The van der Waals surface area contributed by atoms with Gasteiger partial charge in [-0.25, -0.2) is 0 Å². The van der Waals surface area contributed by atoms with Gasteiger partial charge in [-0.1, -0.05) is 19.9 Å². The summed E-state index contributed by atoms with van der Waals surface area (Å²) in [4.78, 5) is 25.1. The zero-order valence-electron chi connectivity index (χ0n) is 12.3. The molecular formula is C14H19N3O3S. The van der Waals surface area contributed by atoms with Gasteiger partial charge in [-0.2, -0.15) is 11.8 Å². The van der Waals surface area contributed by atoms with E-state index in [0.29, 0.717) is 29.2 Å². The maximum atomic E-state index is 12.7. The van der Waals surface area contributed by atoms with Crippen LogP contribution in [0.4, 0.5) is 11.4 Å². The first kappa shape index (κ1) is 15.6. The van der Waals surface area contributed by atoms with Gasteiger partial charge in [0.05, 0.1) is 10.5 Å². The molecule has 1 aromatic carbocycles. The van der Waals surface area contributed by atoms with E-state index in [2.05, 4.69) is 19.2 Å². The minimum atomic E-state index is -0.472. The molecule has 0 spiro atoms. The molecule has 0 aliphatic carbocycles. The summed E-state index contributed by atoms with van der Waals surface area (Å²) in [6.07, 6.45) is 0. The fraction of sp³-hybridized carbons (Fsp3) is 0.500. The lowest BCUT2D eigenvalue weighted by molar-refractivity contribution is -0.384. The Morgan fingerprint density at radius 1 is 1.38 bits per heavy atom. The molecular weight excluding hydrogens is 290 g/mol. The van der Waals surface area contributed by atoms with E-state index in [4.69, 9.17) is 0 Å². The standard InChI is InChI=1S/C14H19N3O3S/c1-9-7-16(8-10(2)21-9)14(18)11-5-4-6-12(17(19)20)13(11)15-3/h4-6,9-10,15H,7-8H2,1-3H3. The number of nitro groups is 1. The van der Waals surface area contributed by atoms with Crippen LogP contribution in [0.5, 0.6) is 0 Å². The lowest BCUT2D eigenvalue weighted by Gasteiger charge is -2.34. The van der Waals surface area contributed by atoms with Crippen LogP contribution in [0.2, 0.25) is 0 Å². The fourth-order valence-electron chi connectivity index (χ4n) is 2.65. The molecule has 7 heteroatoms. The first-order valence-corrected chi connectivity index (χ1v) is 7.78. The third-order valence-corrected chi connectivity index (χ3v) is 4.65. The van der Waals surface area contributed by atoms with E-state index >= 15 is 0 Å². The topological polar surface area (TPSA) is 75.5 Å². The number of hydrogen-bond donors (Lipinski definition) is 1. The third kappa shape index (κ3) is 3.29. The van der Waals surface area contributed by atoms with Crippen LogP contribution in [0.25, 0.3) is 0 Å². The van der Waals surface area contributed by atoms with Crippen LogP contribution in [-0.4, -0.2) is 46.4 Å². The summed E-state index contributed by atoms with van der Waals surface area (Å²) in [5, 5.41) is 14.6. The normalized spacial score (nSPS) is 22.0. The summed E-state index contributed by atoms with van der Waals surface area (Å²) in [7, 11) is 1.59. The summed E-state index contributed by atoms with van der Waals surface area (Å²) in [6.45, 7) is 5.51. The number of rotatable bonds is 3. The summed E-state index contributed by atoms with van der Waals surface area (Å²) in [6, 6.07) is 4.59. The Kier molecular flexibility index (Phi) is 4.72. The van der Waals surface area contributed by atoms with Crippen molar-refractivity contribution in [3.05, 3.63) is 33.9 Å². The van der Waals surface area contributed by atoms with Gasteiger partial charge in [0.15, 0.2) is 0 Å². The zero-order valence-corrected chi connectivity index (χ0v) is 13.1. The second-order valence-electron chi connectivity index (χ2n) is 5.17. The first-order chi connectivity index (χ1) is 9.93. The predicted octanol–water partition coefficient (Wildman–Crippen LogP) is 2.60. The van der Waals surface area contributed by atoms with Gasteiger partial charge in [-0.15, -0.1) is 0 Å². The van der Waals surface area contributed by atoms with Crippen molar-refractivity contribution in [1.82, 2.24) is 4.90 Å². The molecule has 1 N–H and O–H groups in total. The highest BCUT2D eigenvalue weighted by atomic mass is 32.2. The highest BCUT2D eigenvalue weighted by molar-refractivity contribution is 8.00. The number of nitro benzene ring substituents is 1. The minimum Gasteiger partial charge on any atom is -0.382 e. The lowest BCUT2D eigenvalue weighted by Crippen LogP contribution is -2.44. The monoisotopic (exact) mass is 309 g/mol. The molecule has 1 aliphatic heterocycles. The summed E-state index contributed by atoms with van der Waals surface area (Å²) >= 11 is 1.86. The molecule has 1 heterocycles. The van der Waals surface area contributed by atoms with Crippen molar-refractivity contribution in [3.63, 3.8) is 0 Å². The molecule has 6 nitrogen and oxygen atoms in total. The Hall–Kier alpha value is -1.76. The number of amides is 1. The fourth-order valence-corrected chi connectivity index (χ4v) is 3.97. The maximum Gasteiger partial charge on any atom is 0.293 e. The molecule has 0 bridgehead atoms. The van der Waals surface area contributed by atoms with Gasteiger partial charge < -0.3 is 10.2 Å². The number of nitrogens with one attached hydrogen (secondary N) is 1. The van der Waals surface area contributed by atoms with Crippen LogP contribution in [0.1, 0.15) is 24.2 Å². The molecule has 1 saturated heterocycles. The molecule has 2 atom stereocenters. The molecule has 2 unspecified atom stereocenters. The van der Waals surface area contributed by atoms with Gasteiger partial charge in [-0.3, -0.25) is 14.9 Å². The highest BCUT2D eigenvalue weighted by Crippen LogP contribution is 2.31. The second kappa shape index (κ2) is 6.34. The Bertz CT molecular complexity index is 554. The molecule has 0 aromatic heterocycles. The van der Waals surface area contributed by atoms with E-state index < -0.39 is 4.92 Å². The largest absolute Gasteiger partial charge is 0.382 e. The number of hydrogen-bond acceptors (Lipinski definition) is 5. The van der Waals surface area contributed by atoms with Crippen LogP contribution in [0.15, 0.2) is 18.2 Å². The van der Waals surface area contributed by atoms with Crippen LogP contribution >= 0.6 is 11.8 Å². The molecule has 2 rings (SSSR count). The van der Waals surface area contributed by atoms with E-state index in [1.165, 1.54) is 6.07 Å². The number of benzene rings is 1. The molecule has 1 fully saturated rings. The van der Waals surface area contributed by atoms with Gasteiger partial charge in [0.1, 0.15) is 5.69 Å². The summed E-state index contributed by atoms with van der Waals surface area (Å²) < 4.78 is 0. The van der Waals surface area contributed by atoms with Crippen molar-refractivity contribution >= 4 is 29.0 Å². The quantitative estimate of drug-likeness (QED) is 0.686. The van der Waals surface area contributed by atoms with Gasteiger partial charge in [-0.05, 0) is 6.07 Å². The van der Waals surface area contributed by atoms with Crippen molar-refractivity contribution in [1.29, 1.82) is 0 Å². The molecule has 1 aromatic rings. The molecule has 0 saturated carbocycles. The van der Waals surface area contributed by atoms with E-state index in [9.17, 15) is 14.9 Å². The van der Waals surface area contributed by atoms with Crippen molar-refractivity contribution in [2.45, 2.75) is 24.3 Å². The van der Waals surface area contributed by atoms with E-state index in [1.54, 1.807) is 24.1 Å². The Labute approximate surface area is 128 Å². The van der Waals surface area contributed by atoms with Crippen molar-refractivity contribution < 1.29 is 9.72 Å². The van der Waals surface area contributed by atoms with Crippen LogP contribution < -0.4 is 5.32 Å². The molecule has 21 heavy (non-hydrogen) atoms. The predicted molar refractivity (Wildman–Crippen MR) is 85.1 cm³/mol. The number of thioether (sulfide) groups is 1. The zero-order chi connectivity index (χ0) is 15.6. The maximum absolute atomic E-state index is 12.7. The Morgan fingerprint density at radius 2 is 2.00 bits per heavy atom. The Morgan fingerprint density at radius 3 is 2.52 bits per heavy atom. The smallest absolute Gasteiger partial charge is 0.293 e. The van der Waals surface area contributed by atoms with Crippen LogP contribution in [-0.2, 0) is 0 Å².